The van der Waals surface area contributed by atoms with Crippen LogP contribution >= 0.6 is 0 Å². The fraction of sp³-hybridized carbons (Fsp3) is 0.533. The van der Waals surface area contributed by atoms with Gasteiger partial charge >= 0.3 is 0 Å². The van der Waals surface area contributed by atoms with E-state index in [0.717, 1.165) is 11.2 Å². The molecule has 1 aliphatic carbocycles. The summed E-state index contributed by atoms with van der Waals surface area (Å²) >= 11 is 0. The van der Waals surface area contributed by atoms with Crippen molar-refractivity contribution in [3.63, 3.8) is 0 Å². The molecular formula is C15H21N3. The lowest BCUT2D eigenvalue weighted by atomic mass is 9.90. The molecule has 1 fully saturated rings. The van der Waals surface area contributed by atoms with Crippen molar-refractivity contribution < 1.29 is 0 Å². The van der Waals surface area contributed by atoms with Crippen molar-refractivity contribution in [1.82, 2.24) is 9.55 Å². The first-order valence-electron chi connectivity index (χ1n) is 6.75. The average Bonchev–Trinajstić information content (AvgIpc) is 2.54. The summed E-state index contributed by atoms with van der Waals surface area (Å²) in [6, 6.07) is 6.71. The Labute approximate surface area is 108 Å². The van der Waals surface area contributed by atoms with Crippen LogP contribution in [-0.2, 0) is 5.41 Å². The average molecular weight is 243 g/mol. The number of imidazole rings is 1. The lowest BCUT2D eigenvalue weighted by Crippen LogP contribution is -2.25. The molecule has 1 aromatic heterocycles. The minimum atomic E-state index is 0.0728. The van der Waals surface area contributed by atoms with Gasteiger partial charge in [0.1, 0.15) is 5.82 Å². The highest BCUT2D eigenvalue weighted by Gasteiger charge is 2.29. The van der Waals surface area contributed by atoms with Gasteiger partial charge in [-0.2, -0.15) is 0 Å². The van der Waals surface area contributed by atoms with Gasteiger partial charge in [0, 0.05) is 17.1 Å². The number of nitrogen functional groups attached to an aromatic ring is 1. The number of aromatic nitrogens is 2. The Hall–Kier alpha value is -1.51. The van der Waals surface area contributed by atoms with Crippen LogP contribution in [0, 0.1) is 0 Å². The van der Waals surface area contributed by atoms with Crippen LogP contribution < -0.4 is 5.73 Å². The Morgan fingerprint density at radius 1 is 1.28 bits per heavy atom. The summed E-state index contributed by atoms with van der Waals surface area (Å²) in [7, 11) is 0. The molecule has 0 saturated heterocycles. The number of hydrogen-bond acceptors (Lipinski definition) is 2. The van der Waals surface area contributed by atoms with Gasteiger partial charge in [0.2, 0.25) is 0 Å². The van der Waals surface area contributed by atoms with Gasteiger partial charge in [-0.15, -0.1) is 0 Å². The molecule has 0 amide bonds. The molecule has 0 atom stereocenters. The molecule has 3 rings (SSSR count). The van der Waals surface area contributed by atoms with Crippen LogP contribution in [0.15, 0.2) is 18.2 Å². The summed E-state index contributed by atoms with van der Waals surface area (Å²) in [6.45, 7) is 6.69. The molecule has 1 saturated carbocycles. The smallest absolute Gasteiger partial charge is 0.115 e. The molecule has 0 spiro atoms. The molecule has 3 nitrogen and oxygen atoms in total. The van der Waals surface area contributed by atoms with E-state index in [1.807, 2.05) is 12.1 Å². The molecule has 3 heteroatoms. The van der Waals surface area contributed by atoms with Gasteiger partial charge in [-0.05, 0) is 37.5 Å². The van der Waals surface area contributed by atoms with Gasteiger partial charge < -0.3 is 10.3 Å². The maximum Gasteiger partial charge on any atom is 0.115 e. The molecule has 0 aliphatic heterocycles. The number of anilines is 1. The van der Waals surface area contributed by atoms with Crippen LogP contribution in [0.1, 0.15) is 51.9 Å². The Kier molecular flexibility index (Phi) is 2.40. The molecule has 96 valence electrons. The van der Waals surface area contributed by atoms with Crippen molar-refractivity contribution in [2.45, 2.75) is 51.5 Å². The lowest BCUT2D eigenvalue weighted by Gasteiger charge is -2.32. The Morgan fingerprint density at radius 3 is 2.56 bits per heavy atom. The Morgan fingerprint density at radius 2 is 2.00 bits per heavy atom. The second-order valence-corrected chi connectivity index (χ2v) is 6.39. The van der Waals surface area contributed by atoms with E-state index >= 15 is 0 Å². The second-order valence-electron chi connectivity index (χ2n) is 6.39. The SMILES string of the molecule is CC(C)(C)c1nc2cc(N)ccc2n1C1CCC1. The maximum atomic E-state index is 5.87. The molecule has 1 aliphatic rings. The zero-order chi connectivity index (χ0) is 12.9. The normalized spacial score (nSPS) is 17.1. The summed E-state index contributed by atoms with van der Waals surface area (Å²) in [5.41, 5.74) is 9.00. The van der Waals surface area contributed by atoms with Gasteiger partial charge in [-0.3, -0.25) is 0 Å². The van der Waals surface area contributed by atoms with Gasteiger partial charge in [-0.1, -0.05) is 20.8 Å². The van der Waals surface area contributed by atoms with Crippen LogP contribution in [0.25, 0.3) is 11.0 Å². The first-order valence-corrected chi connectivity index (χ1v) is 6.75. The van der Waals surface area contributed by atoms with Crippen LogP contribution in [0.2, 0.25) is 0 Å². The number of fused-ring (bicyclic) bond motifs is 1. The van der Waals surface area contributed by atoms with Crippen LogP contribution in [-0.4, -0.2) is 9.55 Å². The van der Waals surface area contributed by atoms with Crippen LogP contribution in [0.3, 0.4) is 0 Å². The van der Waals surface area contributed by atoms with Gasteiger partial charge in [0.25, 0.3) is 0 Å². The fourth-order valence-electron chi connectivity index (χ4n) is 2.66. The van der Waals surface area contributed by atoms with E-state index < -0.39 is 0 Å². The van der Waals surface area contributed by atoms with E-state index in [0.29, 0.717) is 6.04 Å². The van der Waals surface area contributed by atoms with Crippen molar-refractivity contribution in [2.75, 3.05) is 5.73 Å². The zero-order valence-electron chi connectivity index (χ0n) is 11.4. The summed E-state index contributed by atoms with van der Waals surface area (Å²) in [5.74, 6) is 1.19. The molecule has 18 heavy (non-hydrogen) atoms. The van der Waals surface area contributed by atoms with Gasteiger partial charge in [-0.25, -0.2) is 4.98 Å². The summed E-state index contributed by atoms with van der Waals surface area (Å²) in [6.07, 6.45) is 3.89. The minimum Gasteiger partial charge on any atom is -0.399 e. The Balaban J connectivity index is 2.26. The first-order chi connectivity index (χ1) is 8.47. The standard InChI is InChI=1S/C15H21N3/c1-15(2,3)14-17-12-9-10(16)7-8-13(12)18(14)11-5-4-6-11/h7-9,11H,4-6,16H2,1-3H3. The molecule has 1 aromatic carbocycles. The van der Waals surface area contributed by atoms with Gasteiger partial charge in [0.15, 0.2) is 0 Å². The van der Waals surface area contributed by atoms with E-state index in [9.17, 15) is 0 Å². The predicted octanol–water partition coefficient (Wildman–Crippen LogP) is 3.64. The highest BCUT2D eigenvalue weighted by Crippen LogP contribution is 2.38. The summed E-state index contributed by atoms with van der Waals surface area (Å²) in [5, 5.41) is 0. The van der Waals surface area contributed by atoms with E-state index in [2.05, 4.69) is 31.4 Å². The number of rotatable bonds is 1. The molecular weight excluding hydrogens is 222 g/mol. The van der Waals surface area contributed by atoms with E-state index in [4.69, 9.17) is 10.7 Å². The predicted molar refractivity (Wildman–Crippen MR) is 75.7 cm³/mol. The van der Waals surface area contributed by atoms with Crippen molar-refractivity contribution >= 4 is 16.7 Å². The van der Waals surface area contributed by atoms with Gasteiger partial charge in [0.05, 0.1) is 11.0 Å². The highest BCUT2D eigenvalue weighted by molar-refractivity contribution is 5.80. The fourth-order valence-corrected chi connectivity index (χ4v) is 2.66. The largest absolute Gasteiger partial charge is 0.399 e. The summed E-state index contributed by atoms with van der Waals surface area (Å²) < 4.78 is 2.44. The van der Waals surface area contributed by atoms with Crippen LogP contribution in [0.4, 0.5) is 5.69 Å². The quantitative estimate of drug-likeness (QED) is 0.777. The number of nitrogens with zero attached hydrogens (tertiary/aromatic N) is 2. The third kappa shape index (κ3) is 1.69. The van der Waals surface area contributed by atoms with Crippen molar-refractivity contribution in [3.05, 3.63) is 24.0 Å². The van der Waals surface area contributed by atoms with E-state index in [1.165, 1.54) is 30.6 Å². The highest BCUT2D eigenvalue weighted by atomic mass is 15.1. The molecule has 0 unspecified atom stereocenters. The number of hydrogen-bond donors (Lipinski definition) is 1. The zero-order valence-corrected chi connectivity index (χ0v) is 11.4. The first kappa shape index (κ1) is 11.6. The third-order valence-electron chi connectivity index (χ3n) is 3.82. The molecule has 2 aromatic rings. The monoisotopic (exact) mass is 243 g/mol. The number of nitrogens with two attached hydrogens (primary N) is 1. The molecule has 1 heterocycles. The maximum absolute atomic E-state index is 5.87. The minimum absolute atomic E-state index is 0.0728. The van der Waals surface area contributed by atoms with Crippen molar-refractivity contribution in [3.8, 4) is 0 Å². The number of benzene rings is 1. The molecule has 0 bridgehead atoms. The van der Waals surface area contributed by atoms with Crippen LogP contribution in [0.5, 0.6) is 0 Å². The van der Waals surface area contributed by atoms with Crippen molar-refractivity contribution in [2.24, 2.45) is 0 Å². The lowest BCUT2D eigenvalue weighted by molar-refractivity contribution is 0.300. The Bertz CT molecular complexity index is 586. The van der Waals surface area contributed by atoms with E-state index in [1.54, 1.807) is 0 Å². The topological polar surface area (TPSA) is 43.8 Å². The molecule has 2 N–H and O–H groups in total. The summed E-state index contributed by atoms with van der Waals surface area (Å²) in [4.78, 5) is 4.83. The van der Waals surface area contributed by atoms with Crippen molar-refractivity contribution in [1.29, 1.82) is 0 Å². The van der Waals surface area contributed by atoms with E-state index in [-0.39, 0.29) is 5.41 Å². The third-order valence-corrected chi connectivity index (χ3v) is 3.82. The second kappa shape index (κ2) is 3.74. The molecule has 0 radical (unpaired) electrons.